The molecule has 0 aromatic rings. The first-order valence-corrected chi connectivity index (χ1v) is 11.9. The highest BCUT2D eigenvalue weighted by atomic mass is 16.5. The van der Waals surface area contributed by atoms with Crippen molar-refractivity contribution in [1.82, 2.24) is 0 Å². The van der Waals surface area contributed by atoms with Gasteiger partial charge in [0.2, 0.25) is 0 Å². The molecule has 2 aliphatic heterocycles. The lowest BCUT2D eigenvalue weighted by atomic mass is 9.88. The van der Waals surface area contributed by atoms with E-state index in [-0.39, 0.29) is 24.1 Å². The zero-order valence-electron chi connectivity index (χ0n) is 20.6. The molecule has 7 atom stereocenters. The number of esters is 1. The summed E-state index contributed by atoms with van der Waals surface area (Å²) < 4.78 is 11.2. The van der Waals surface area contributed by atoms with E-state index in [1.807, 2.05) is 63.3 Å². The van der Waals surface area contributed by atoms with Crippen LogP contribution in [0, 0.1) is 11.8 Å². The van der Waals surface area contributed by atoms with Crippen LogP contribution in [0.5, 0.6) is 0 Å². The lowest BCUT2D eigenvalue weighted by molar-refractivity contribution is -0.141. The largest absolute Gasteiger partial charge is 0.455 e. The van der Waals surface area contributed by atoms with Crippen molar-refractivity contribution in [2.75, 3.05) is 0 Å². The maximum absolute atomic E-state index is 11.3. The predicted molar refractivity (Wildman–Crippen MR) is 132 cm³/mol. The van der Waals surface area contributed by atoms with Crippen molar-refractivity contribution in [3.63, 3.8) is 0 Å². The van der Waals surface area contributed by atoms with Crippen molar-refractivity contribution < 1.29 is 24.5 Å². The third-order valence-corrected chi connectivity index (χ3v) is 6.04. The zero-order valence-corrected chi connectivity index (χ0v) is 20.6. The molecule has 5 heteroatoms. The Kier molecular flexibility index (Phi) is 11.0. The van der Waals surface area contributed by atoms with E-state index in [1.165, 1.54) is 11.6 Å². The second kappa shape index (κ2) is 13.5. The molecule has 2 aliphatic rings. The summed E-state index contributed by atoms with van der Waals surface area (Å²) in [6.07, 6.45) is 18.9. The van der Waals surface area contributed by atoms with Crippen LogP contribution in [-0.2, 0) is 14.3 Å². The van der Waals surface area contributed by atoms with Gasteiger partial charge in [0.1, 0.15) is 6.10 Å². The van der Waals surface area contributed by atoms with Gasteiger partial charge in [0.15, 0.2) is 0 Å². The Labute approximate surface area is 198 Å². The molecule has 1 fully saturated rings. The second-order valence-electron chi connectivity index (χ2n) is 9.28. The normalized spacial score (nSPS) is 31.5. The summed E-state index contributed by atoms with van der Waals surface area (Å²) in [6.45, 7) is 10.2. The maximum atomic E-state index is 11.3. The van der Waals surface area contributed by atoms with Crippen LogP contribution in [0.15, 0.2) is 71.9 Å². The first kappa shape index (κ1) is 27.0. The number of allylic oxidation sites excluding steroid dienone is 7. The molecule has 33 heavy (non-hydrogen) atoms. The van der Waals surface area contributed by atoms with Crippen LogP contribution in [0.4, 0.5) is 0 Å². The molecule has 2 heterocycles. The molecule has 0 radical (unpaired) electrons. The van der Waals surface area contributed by atoms with Gasteiger partial charge in [0.05, 0.1) is 24.4 Å². The van der Waals surface area contributed by atoms with Gasteiger partial charge >= 0.3 is 5.97 Å². The Balaban J connectivity index is 1.85. The van der Waals surface area contributed by atoms with Gasteiger partial charge < -0.3 is 19.7 Å². The second-order valence-corrected chi connectivity index (χ2v) is 9.28. The van der Waals surface area contributed by atoms with Crippen molar-refractivity contribution in [3.8, 4) is 0 Å². The summed E-state index contributed by atoms with van der Waals surface area (Å²) in [5.74, 6) is 0.0688. The molecule has 2 rings (SSSR count). The number of aliphatic hydroxyl groups is 2. The molecule has 182 valence electrons. The van der Waals surface area contributed by atoms with Gasteiger partial charge in [-0.3, -0.25) is 0 Å². The van der Waals surface area contributed by atoms with Crippen LogP contribution >= 0.6 is 0 Å². The molecule has 2 N–H and O–H groups in total. The van der Waals surface area contributed by atoms with Crippen LogP contribution in [0.1, 0.15) is 53.9 Å². The summed E-state index contributed by atoms with van der Waals surface area (Å²) in [4.78, 5) is 11.3. The zero-order chi connectivity index (χ0) is 24.4. The van der Waals surface area contributed by atoms with E-state index >= 15 is 0 Å². The number of carbonyl (C=O) groups excluding carboxylic acids is 1. The van der Waals surface area contributed by atoms with Crippen molar-refractivity contribution in [1.29, 1.82) is 0 Å². The number of carbonyl (C=O) groups is 1. The number of aliphatic hydroxyl groups excluding tert-OH is 2. The molecule has 0 amide bonds. The molecule has 0 unspecified atom stereocenters. The summed E-state index contributed by atoms with van der Waals surface area (Å²) in [6, 6.07) is 0. The molecular formula is C28H40O5. The van der Waals surface area contributed by atoms with Gasteiger partial charge in [-0.05, 0) is 39.2 Å². The van der Waals surface area contributed by atoms with Crippen molar-refractivity contribution in [2.45, 2.75) is 84.4 Å². The lowest BCUT2D eigenvalue weighted by Crippen LogP contribution is -2.46. The van der Waals surface area contributed by atoms with Crippen molar-refractivity contribution in [2.24, 2.45) is 11.8 Å². The average Bonchev–Trinajstić information content (AvgIpc) is 2.75. The van der Waals surface area contributed by atoms with Gasteiger partial charge in [-0.1, -0.05) is 73.6 Å². The quantitative estimate of drug-likeness (QED) is 0.291. The van der Waals surface area contributed by atoms with E-state index < -0.39 is 18.3 Å². The predicted octanol–water partition coefficient (Wildman–Crippen LogP) is 4.98. The Hall–Kier alpha value is -2.21. The Morgan fingerprint density at radius 3 is 2.76 bits per heavy atom. The van der Waals surface area contributed by atoms with Crippen LogP contribution in [0.25, 0.3) is 0 Å². The smallest absolute Gasteiger partial charge is 0.331 e. The Bertz CT molecular complexity index is 816. The fourth-order valence-corrected chi connectivity index (χ4v) is 4.19. The van der Waals surface area contributed by atoms with Gasteiger partial charge in [0.25, 0.3) is 0 Å². The molecule has 0 aromatic heterocycles. The monoisotopic (exact) mass is 456 g/mol. The summed E-state index contributed by atoms with van der Waals surface area (Å²) >= 11 is 0. The van der Waals surface area contributed by atoms with E-state index in [9.17, 15) is 15.0 Å². The van der Waals surface area contributed by atoms with Gasteiger partial charge in [0, 0.05) is 24.8 Å². The van der Waals surface area contributed by atoms with E-state index in [1.54, 1.807) is 6.08 Å². The third-order valence-electron chi connectivity index (χ3n) is 6.04. The van der Waals surface area contributed by atoms with Crippen molar-refractivity contribution in [3.05, 3.63) is 71.9 Å². The SMILES string of the molecule is C/C=C/[C@H]1O[C@@H]([C@@H](O)/C=C/C=C(\C)C[C@@H](C)/C=C(C)\C=C\[C@@H]2CC=CC(=O)O2)C[C@H](O)[C@H]1C. The van der Waals surface area contributed by atoms with Crippen LogP contribution in [-0.4, -0.2) is 46.7 Å². The minimum absolute atomic E-state index is 0.0122. The molecule has 0 bridgehead atoms. The average molecular weight is 457 g/mol. The first-order valence-electron chi connectivity index (χ1n) is 11.9. The molecule has 1 saturated heterocycles. The minimum Gasteiger partial charge on any atom is -0.455 e. The number of hydrogen-bond donors (Lipinski definition) is 2. The Morgan fingerprint density at radius 1 is 1.30 bits per heavy atom. The van der Waals surface area contributed by atoms with Crippen molar-refractivity contribution >= 4 is 5.97 Å². The number of ether oxygens (including phenoxy) is 2. The highest BCUT2D eigenvalue weighted by Crippen LogP contribution is 2.28. The van der Waals surface area contributed by atoms with Crippen LogP contribution in [0.2, 0.25) is 0 Å². The van der Waals surface area contributed by atoms with Crippen LogP contribution in [0.3, 0.4) is 0 Å². The minimum atomic E-state index is -0.766. The summed E-state index contributed by atoms with van der Waals surface area (Å²) in [7, 11) is 0. The summed E-state index contributed by atoms with van der Waals surface area (Å²) in [5, 5.41) is 20.8. The molecular weight excluding hydrogens is 416 g/mol. The molecule has 0 aliphatic carbocycles. The summed E-state index contributed by atoms with van der Waals surface area (Å²) in [5.41, 5.74) is 2.33. The first-order chi connectivity index (χ1) is 15.7. The highest BCUT2D eigenvalue weighted by molar-refractivity contribution is 5.82. The van der Waals surface area contributed by atoms with Crippen LogP contribution < -0.4 is 0 Å². The fraction of sp³-hybridized carbons (Fsp3) is 0.536. The Morgan fingerprint density at radius 2 is 2.06 bits per heavy atom. The van der Waals surface area contributed by atoms with Gasteiger partial charge in [-0.2, -0.15) is 0 Å². The van der Waals surface area contributed by atoms with E-state index in [0.717, 1.165) is 12.0 Å². The number of rotatable bonds is 9. The van der Waals surface area contributed by atoms with Gasteiger partial charge in [-0.25, -0.2) is 4.79 Å². The molecule has 0 aromatic carbocycles. The molecule has 0 saturated carbocycles. The maximum Gasteiger partial charge on any atom is 0.331 e. The van der Waals surface area contributed by atoms with E-state index in [4.69, 9.17) is 9.47 Å². The molecule has 0 spiro atoms. The van der Waals surface area contributed by atoms with E-state index in [0.29, 0.717) is 18.8 Å². The van der Waals surface area contributed by atoms with Gasteiger partial charge in [-0.15, -0.1) is 0 Å². The third kappa shape index (κ3) is 9.28. The molecule has 5 nitrogen and oxygen atoms in total. The topological polar surface area (TPSA) is 76.0 Å². The lowest BCUT2D eigenvalue weighted by Gasteiger charge is -2.38. The highest BCUT2D eigenvalue weighted by Gasteiger charge is 2.35. The number of hydrogen-bond acceptors (Lipinski definition) is 5. The fourth-order valence-electron chi connectivity index (χ4n) is 4.19. The number of cyclic esters (lactones) is 1. The standard InChI is InChI=1S/C28H40O5/c1-6-9-26-22(5)25(30)18-27(33-26)24(29)12-7-10-19(2)16-21(4)17-20(3)14-15-23-11-8-13-28(31)32-23/h6-10,12-15,17,21-27,29-30H,11,16,18H2,1-5H3/b9-6+,12-7+,15-14+,19-10+,20-17-/t21-,22-,23+,24+,25+,26-,27-/m1/s1. The van der Waals surface area contributed by atoms with E-state index in [2.05, 4.69) is 19.9 Å².